The predicted molar refractivity (Wildman–Crippen MR) is 116 cm³/mol. The number of aliphatic hydroxyl groups is 1. The van der Waals surface area contributed by atoms with E-state index in [1.807, 2.05) is 12.4 Å². The standard InChI is InChI=1S/C21H37BN4O3/c1-16(2)26(15-17-7-9-25(10-8-17)11-12-27)19-23-13-18(14-24-19)22-28-20(3,4)21(5,6)29-22/h13-14,16-17,27H,7-12,15H2,1-6H3. The molecule has 1 N–H and O–H groups in total. The minimum Gasteiger partial charge on any atom is -0.399 e. The first-order chi connectivity index (χ1) is 13.6. The van der Waals surface area contributed by atoms with Crippen LogP contribution in [0.15, 0.2) is 12.4 Å². The Labute approximate surface area is 175 Å². The van der Waals surface area contributed by atoms with Crippen LogP contribution in [0.2, 0.25) is 0 Å². The van der Waals surface area contributed by atoms with Crippen molar-refractivity contribution in [3.05, 3.63) is 12.4 Å². The Morgan fingerprint density at radius 2 is 1.69 bits per heavy atom. The third kappa shape index (κ3) is 5.10. The lowest BCUT2D eigenvalue weighted by Crippen LogP contribution is -2.43. The second kappa shape index (κ2) is 8.88. The quantitative estimate of drug-likeness (QED) is 0.694. The van der Waals surface area contributed by atoms with E-state index < -0.39 is 7.12 Å². The van der Waals surface area contributed by atoms with E-state index in [2.05, 4.69) is 61.3 Å². The summed E-state index contributed by atoms with van der Waals surface area (Å²) in [5.74, 6) is 1.39. The molecule has 0 aliphatic carbocycles. The number of β-amino-alcohol motifs (C(OH)–C–C–N with tert-alkyl or cyclic N) is 1. The number of aromatic nitrogens is 2. The number of likely N-dealkylation sites (tertiary alicyclic amines) is 1. The summed E-state index contributed by atoms with van der Waals surface area (Å²) >= 11 is 0. The van der Waals surface area contributed by atoms with Crippen molar-refractivity contribution < 1.29 is 14.4 Å². The van der Waals surface area contributed by atoms with E-state index in [1.165, 1.54) is 0 Å². The average Bonchev–Trinajstić information content (AvgIpc) is 2.89. The molecule has 3 rings (SSSR count). The number of hydrogen-bond acceptors (Lipinski definition) is 7. The monoisotopic (exact) mass is 404 g/mol. The fraction of sp³-hybridized carbons (Fsp3) is 0.810. The molecule has 29 heavy (non-hydrogen) atoms. The van der Waals surface area contributed by atoms with Crippen molar-refractivity contribution >= 4 is 18.5 Å². The second-order valence-electron chi connectivity index (χ2n) is 9.66. The van der Waals surface area contributed by atoms with Crippen LogP contribution in [0.4, 0.5) is 5.95 Å². The lowest BCUT2D eigenvalue weighted by Gasteiger charge is -2.36. The van der Waals surface area contributed by atoms with Crippen LogP contribution in [0.25, 0.3) is 0 Å². The lowest BCUT2D eigenvalue weighted by molar-refractivity contribution is 0.00578. The van der Waals surface area contributed by atoms with E-state index in [-0.39, 0.29) is 17.8 Å². The second-order valence-corrected chi connectivity index (χ2v) is 9.66. The van der Waals surface area contributed by atoms with Crippen molar-refractivity contribution in [1.29, 1.82) is 0 Å². The van der Waals surface area contributed by atoms with Crippen molar-refractivity contribution in [3.63, 3.8) is 0 Å². The van der Waals surface area contributed by atoms with Crippen LogP contribution in [-0.2, 0) is 9.31 Å². The molecule has 0 atom stereocenters. The Balaban J connectivity index is 1.64. The molecule has 0 spiro atoms. The summed E-state index contributed by atoms with van der Waals surface area (Å²) in [7, 11) is -0.433. The minimum atomic E-state index is -0.433. The molecular weight excluding hydrogens is 367 g/mol. The normalized spacial score (nSPS) is 22.4. The van der Waals surface area contributed by atoms with E-state index in [0.717, 1.165) is 50.4 Å². The zero-order chi connectivity index (χ0) is 21.2. The molecule has 3 heterocycles. The van der Waals surface area contributed by atoms with Crippen molar-refractivity contribution in [2.24, 2.45) is 5.92 Å². The molecule has 1 aromatic rings. The molecule has 0 bridgehead atoms. The zero-order valence-electron chi connectivity index (χ0n) is 18.9. The summed E-state index contributed by atoms with van der Waals surface area (Å²) in [5, 5.41) is 9.13. The Kier molecular flexibility index (Phi) is 6.88. The molecule has 2 aliphatic rings. The summed E-state index contributed by atoms with van der Waals surface area (Å²) < 4.78 is 12.2. The maximum Gasteiger partial charge on any atom is 0.498 e. The number of hydrogen-bond donors (Lipinski definition) is 1. The molecule has 162 valence electrons. The lowest BCUT2D eigenvalue weighted by atomic mass is 9.81. The highest BCUT2D eigenvalue weighted by molar-refractivity contribution is 6.61. The maximum atomic E-state index is 9.13. The third-order valence-electron chi connectivity index (χ3n) is 6.64. The van der Waals surface area contributed by atoms with Crippen LogP contribution < -0.4 is 10.4 Å². The van der Waals surface area contributed by atoms with Gasteiger partial charge in [0.25, 0.3) is 0 Å². The number of rotatable bonds is 7. The summed E-state index contributed by atoms with van der Waals surface area (Å²) in [6, 6.07) is 0.327. The Morgan fingerprint density at radius 3 is 2.17 bits per heavy atom. The smallest absolute Gasteiger partial charge is 0.399 e. The molecule has 2 aliphatic heterocycles. The van der Waals surface area contributed by atoms with Crippen LogP contribution in [0, 0.1) is 5.92 Å². The largest absolute Gasteiger partial charge is 0.498 e. The summed E-state index contributed by atoms with van der Waals surface area (Å²) in [4.78, 5) is 14.0. The average molecular weight is 404 g/mol. The Bertz CT molecular complexity index is 644. The van der Waals surface area contributed by atoms with E-state index in [1.54, 1.807) is 0 Å². The van der Waals surface area contributed by atoms with E-state index >= 15 is 0 Å². The van der Waals surface area contributed by atoms with Gasteiger partial charge in [0.15, 0.2) is 0 Å². The van der Waals surface area contributed by atoms with Gasteiger partial charge < -0.3 is 24.2 Å². The van der Waals surface area contributed by atoms with Crippen molar-refractivity contribution in [3.8, 4) is 0 Å². The number of piperidine rings is 1. The van der Waals surface area contributed by atoms with Gasteiger partial charge in [0.2, 0.25) is 5.95 Å². The van der Waals surface area contributed by atoms with Crippen LogP contribution in [0.1, 0.15) is 54.4 Å². The molecule has 0 amide bonds. The van der Waals surface area contributed by atoms with Crippen LogP contribution >= 0.6 is 0 Å². The highest BCUT2D eigenvalue weighted by Gasteiger charge is 2.52. The molecule has 1 aromatic heterocycles. The topological polar surface area (TPSA) is 71.0 Å². The first-order valence-corrected chi connectivity index (χ1v) is 10.9. The van der Waals surface area contributed by atoms with Crippen LogP contribution in [0.5, 0.6) is 0 Å². The number of aliphatic hydroxyl groups excluding tert-OH is 1. The summed E-state index contributed by atoms with van der Waals surface area (Å²) in [6.07, 6.45) is 5.97. The van der Waals surface area contributed by atoms with E-state index in [4.69, 9.17) is 14.4 Å². The number of nitrogens with zero attached hydrogens (tertiary/aromatic N) is 4. The minimum absolute atomic E-state index is 0.242. The first kappa shape index (κ1) is 22.5. The highest BCUT2D eigenvalue weighted by atomic mass is 16.7. The number of anilines is 1. The van der Waals surface area contributed by atoms with Gasteiger partial charge in [-0.15, -0.1) is 0 Å². The van der Waals surface area contributed by atoms with Gasteiger partial charge in [0.05, 0.1) is 17.8 Å². The first-order valence-electron chi connectivity index (χ1n) is 10.9. The van der Waals surface area contributed by atoms with Crippen molar-refractivity contribution in [2.75, 3.05) is 37.7 Å². The van der Waals surface area contributed by atoms with Gasteiger partial charge in [-0.2, -0.15) is 0 Å². The van der Waals surface area contributed by atoms with Crippen molar-refractivity contribution in [1.82, 2.24) is 14.9 Å². The van der Waals surface area contributed by atoms with Gasteiger partial charge in [-0.3, -0.25) is 0 Å². The van der Waals surface area contributed by atoms with Crippen LogP contribution in [-0.4, -0.2) is 77.1 Å². The molecule has 8 heteroatoms. The third-order valence-corrected chi connectivity index (χ3v) is 6.64. The van der Waals surface area contributed by atoms with Gasteiger partial charge in [0, 0.05) is 37.0 Å². The van der Waals surface area contributed by atoms with Crippen LogP contribution in [0.3, 0.4) is 0 Å². The summed E-state index contributed by atoms with van der Waals surface area (Å²) in [6.45, 7) is 16.7. The fourth-order valence-corrected chi connectivity index (χ4v) is 3.92. The molecule has 2 fully saturated rings. The Morgan fingerprint density at radius 1 is 1.14 bits per heavy atom. The highest BCUT2D eigenvalue weighted by Crippen LogP contribution is 2.36. The predicted octanol–water partition coefficient (Wildman–Crippen LogP) is 1.69. The maximum absolute atomic E-state index is 9.13. The fourth-order valence-electron chi connectivity index (χ4n) is 3.92. The SMILES string of the molecule is CC(C)N(CC1CCN(CCO)CC1)c1ncc(B2OC(C)(C)C(C)(C)O2)cn1. The van der Waals surface area contributed by atoms with Gasteiger partial charge in [-0.1, -0.05) is 0 Å². The molecule has 0 aromatic carbocycles. The molecule has 0 radical (unpaired) electrons. The molecule has 0 unspecified atom stereocenters. The zero-order valence-corrected chi connectivity index (χ0v) is 18.9. The van der Waals surface area contributed by atoms with Gasteiger partial charge in [0.1, 0.15) is 0 Å². The van der Waals surface area contributed by atoms with E-state index in [9.17, 15) is 0 Å². The Hall–Kier alpha value is -1.22. The van der Waals surface area contributed by atoms with Gasteiger partial charge >= 0.3 is 7.12 Å². The molecule has 0 saturated carbocycles. The van der Waals surface area contributed by atoms with Gasteiger partial charge in [-0.25, -0.2) is 9.97 Å². The summed E-state index contributed by atoms with van der Waals surface area (Å²) in [5.41, 5.74) is 0.115. The molecular formula is C21H37BN4O3. The van der Waals surface area contributed by atoms with Gasteiger partial charge in [-0.05, 0) is 73.4 Å². The molecule has 7 nitrogen and oxygen atoms in total. The van der Waals surface area contributed by atoms with Crippen molar-refractivity contribution in [2.45, 2.75) is 71.6 Å². The molecule has 2 saturated heterocycles. The van der Waals surface area contributed by atoms with E-state index in [0.29, 0.717) is 12.0 Å².